The van der Waals surface area contributed by atoms with E-state index in [0.29, 0.717) is 30.3 Å². The quantitative estimate of drug-likeness (QED) is 0.672. The van der Waals surface area contributed by atoms with Crippen molar-refractivity contribution in [2.45, 2.75) is 32.6 Å². The minimum atomic E-state index is -3.63. The van der Waals surface area contributed by atoms with Gasteiger partial charge < -0.3 is 14.8 Å². The molecule has 0 unspecified atom stereocenters. The molecule has 0 aliphatic rings. The van der Waals surface area contributed by atoms with Crippen LogP contribution in [0.1, 0.15) is 25.0 Å². The molecule has 0 aliphatic carbocycles. The first-order valence-electron chi connectivity index (χ1n) is 9.41. The van der Waals surface area contributed by atoms with Crippen LogP contribution in [0.3, 0.4) is 0 Å². The molecule has 1 amide bonds. The highest BCUT2D eigenvalue weighted by atomic mass is 32.2. The van der Waals surface area contributed by atoms with Crippen LogP contribution in [0.25, 0.3) is 0 Å². The molecule has 0 radical (unpaired) electrons. The largest absolute Gasteiger partial charge is 0.493 e. The summed E-state index contributed by atoms with van der Waals surface area (Å²) >= 11 is 0. The number of nitrogens with zero attached hydrogens (tertiary/aromatic N) is 1. The number of hydrogen-bond acceptors (Lipinski definition) is 5. The maximum absolute atomic E-state index is 12.9. The summed E-state index contributed by atoms with van der Waals surface area (Å²) in [6, 6.07) is 10.2. The van der Waals surface area contributed by atoms with E-state index < -0.39 is 15.9 Å². The number of benzene rings is 2. The molecular weight excluding hydrogens is 392 g/mol. The van der Waals surface area contributed by atoms with Gasteiger partial charge in [0.1, 0.15) is 0 Å². The maximum atomic E-state index is 12.9. The first-order valence-corrected chi connectivity index (χ1v) is 10.9. The molecule has 0 aliphatic heterocycles. The van der Waals surface area contributed by atoms with Gasteiger partial charge in [0.15, 0.2) is 18.1 Å². The van der Waals surface area contributed by atoms with E-state index in [-0.39, 0.29) is 11.5 Å². The minimum Gasteiger partial charge on any atom is -0.493 e. The van der Waals surface area contributed by atoms with Crippen LogP contribution in [0, 0.1) is 13.8 Å². The number of carbonyl (C=O) groups excluding carboxylic acids is 1. The van der Waals surface area contributed by atoms with E-state index in [4.69, 9.17) is 9.47 Å². The summed E-state index contributed by atoms with van der Waals surface area (Å²) in [7, 11) is -2.10. The Kier molecular flexibility index (Phi) is 7.64. The lowest BCUT2D eigenvalue weighted by atomic mass is 10.1. The SMILES string of the molecule is CCN(CC)S(=O)(=O)c1cc(C)c(C)c(NC(=O)COc2ccccc2OC)c1. The van der Waals surface area contributed by atoms with Gasteiger partial charge in [0.2, 0.25) is 10.0 Å². The van der Waals surface area contributed by atoms with Gasteiger partial charge in [-0.25, -0.2) is 8.42 Å². The van der Waals surface area contributed by atoms with Crippen LogP contribution in [0.5, 0.6) is 11.5 Å². The molecule has 0 saturated heterocycles. The number of nitrogens with one attached hydrogen (secondary N) is 1. The molecule has 2 rings (SSSR count). The van der Waals surface area contributed by atoms with Gasteiger partial charge in [-0.3, -0.25) is 4.79 Å². The van der Waals surface area contributed by atoms with Crippen molar-refractivity contribution in [3.63, 3.8) is 0 Å². The first-order chi connectivity index (χ1) is 13.7. The third-order valence-electron chi connectivity index (χ3n) is 4.69. The fraction of sp³-hybridized carbons (Fsp3) is 0.381. The zero-order valence-corrected chi connectivity index (χ0v) is 18.3. The number of amides is 1. The number of rotatable bonds is 9. The predicted octanol–water partition coefficient (Wildman–Crippen LogP) is 3.36. The highest BCUT2D eigenvalue weighted by Crippen LogP contribution is 2.27. The lowest BCUT2D eigenvalue weighted by molar-refractivity contribution is -0.118. The molecule has 0 atom stereocenters. The molecule has 0 aromatic heterocycles. The summed E-state index contributed by atoms with van der Waals surface area (Å²) in [5.74, 6) is 0.589. The van der Waals surface area contributed by atoms with Gasteiger partial charge in [0, 0.05) is 18.8 Å². The number of sulfonamides is 1. The second-order valence-electron chi connectivity index (χ2n) is 6.49. The number of para-hydroxylation sites is 2. The van der Waals surface area contributed by atoms with Gasteiger partial charge in [-0.05, 0) is 49.2 Å². The third-order valence-corrected chi connectivity index (χ3v) is 6.71. The predicted molar refractivity (Wildman–Crippen MR) is 113 cm³/mol. The molecule has 0 bridgehead atoms. The number of carbonyl (C=O) groups is 1. The molecule has 7 nitrogen and oxygen atoms in total. The van der Waals surface area contributed by atoms with Crippen molar-refractivity contribution in [1.82, 2.24) is 4.31 Å². The van der Waals surface area contributed by atoms with Crippen molar-refractivity contribution >= 4 is 21.6 Å². The van der Waals surface area contributed by atoms with Crippen molar-refractivity contribution in [2.75, 3.05) is 32.1 Å². The highest BCUT2D eigenvalue weighted by molar-refractivity contribution is 7.89. The lowest BCUT2D eigenvalue weighted by Crippen LogP contribution is -2.31. The Morgan fingerprint density at radius 1 is 1.07 bits per heavy atom. The van der Waals surface area contributed by atoms with Gasteiger partial charge in [-0.2, -0.15) is 4.31 Å². The van der Waals surface area contributed by atoms with Crippen LogP contribution in [0.4, 0.5) is 5.69 Å². The van der Waals surface area contributed by atoms with Crippen LogP contribution < -0.4 is 14.8 Å². The van der Waals surface area contributed by atoms with Crippen molar-refractivity contribution in [3.8, 4) is 11.5 Å². The number of aryl methyl sites for hydroxylation is 1. The molecule has 0 spiro atoms. The van der Waals surface area contributed by atoms with Gasteiger partial charge in [-0.1, -0.05) is 26.0 Å². The zero-order valence-electron chi connectivity index (χ0n) is 17.5. The standard InChI is InChI=1S/C21H28N2O5S/c1-6-23(7-2)29(25,26)17-12-15(3)16(4)18(13-17)22-21(24)14-28-20-11-9-8-10-19(20)27-5/h8-13H,6-7,14H2,1-5H3,(H,22,24). The third kappa shape index (κ3) is 5.27. The number of methoxy groups -OCH3 is 1. The minimum absolute atomic E-state index is 0.158. The Labute approximate surface area is 172 Å². The number of hydrogen-bond donors (Lipinski definition) is 1. The summed E-state index contributed by atoms with van der Waals surface area (Å²) in [5, 5.41) is 2.76. The lowest BCUT2D eigenvalue weighted by Gasteiger charge is -2.20. The Hall–Kier alpha value is -2.58. The smallest absolute Gasteiger partial charge is 0.262 e. The molecule has 0 fully saturated rings. The second kappa shape index (κ2) is 9.76. The van der Waals surface area contributed by atoms with E-state index >= 15 is 0 Å². The summed E-state index contributed by atoms with van der Waals surface area (Å²) in [4.78, 5) is 12.6. The van der Waals surface area contributed by atoms with Gasteiger partial charge >= 0.3 is 0 Å². The van der Waals surface area contributed by atoms with Crippen molar-refractivity contribution in [3.05, 3.63) is 47.5 Å². The monoisotopic (exact) mass is 420 g/mol. The Morgan fingerprint density at radius 3 is 2.28 bits per heavy atom. The molecule has 158 valence electrons. The first kappa shape index (κ1) is 22.7. The fourth-order valence-corrected chi connectivity index (χ4v) is 4.46. The van der Waals surface area contributed by atoms with E-state index in [2.05, 4.69) is 5.32 Å². The van der Waals surface area contributed by atoms with Crippen molar-refractivity contribution < 1.29 is 22.7 Å². The summed E-state index contributed by atoms with van der Waals surface area (Å²) in [5.41, 5.74) is 2.03. The maximum Gasteiger partial charge on any atom is 0.262 e. The Bertz CT molecular complexity index is 969. The molecule has 2 aromatic carbocycles. The Balaban J connectivity index is 2.22. The highest BCUT2D eigenvalue weighted by Gasteiger charge is 2.23. The number of ether oxygens (including phenoxy) is 2. The van der Waals surface area contributed by atoms with Crippen LogP contribution in [0.15, 0.2) is 41.3 Å². The molecule has 29 heavy (non-hydrogen) atoms. The molecule has 2 aromatic rings. The second-order valence-corrected chi connectivity index (χ2v) is 8.43. The van der Waals surface area contributed by atoms with E-state index in [1.54, 1.807) is 44.2 Å². The average molecular weight is 421 g/mol. The molecular formula is C21H28N2O5S. The molecule has 0 saturated carbocycles. The topological polar surface area (TPSA) is 84.9 Å². The summed E-state index contributed by atoms with van der Waals surface area (Å²) < 4.78 is 37.8. The summed E-state index contributed by atoms with van der Waals surface area (Å²) in [6.07, 6.45) is 0. The normalized spacial score (nSPS) is 11.4. The van der Waals surface area contributed by atoms with Crippen LogP contribution >= 0.6 is 0 Å². The van der Waals surface area contributed by atoms with Crippen molar-refractivity contribution in [1.29, 1.82) is 0 Å². The van der Waals surface area contributed by atoms with Crippen LogP contribution in [-0.2, 0) is 14.8 Å². The van der Waals surface area contributed by atoms with Gasteiger partial charge in [0.25, 0.3) is 5.91 Å². The van der Waals surface area contributed by atoms with Crippen molar-refractivity contribution in [2.24, 2.45) is 0 Å². The number of anilines is 1. The average Bonchev–Trinajstić information content (AvgIpc) is 2.70. The van der Waals surface area contributed by atoms with E-state index in [0.717, 1.165) is 11.1 Å². The van der Waals surface area contributed by atoms with Gasteiger partial charge in [0.05, 0.1) is 12.0 Å². The fourth-order valence-electron chi connectivity index (χ4n) is 2.89. The molecule has 8 heteroatoms. The summed E-state index contributed by atoms with van der Waals surface area (Å²) in [6.45, 7) is 7.75. The Morgan fingerprint density at radius 2 is 1.69 bits per heavy atom. The van der Waals surface area contributed by atoms with Crippen LogP contribution in [-0.4, -0.2) is 45.4 Å². The van der Waals surface area contributed by atoms with E-state index in [9.17, 15) is 13.2 Å². The van der Waals surface area contributed by atoms with E-state index in [1.807, 2.05) is 13.8 Å². The molecule has 0 heterocycles. The molecule has 1 N–H and O–H groups in total. The van der Waals surface area contributed by atoms with Gasteiger partial charge in [-0.15, -0.1) is 0 Å². The van der Waals surface area contributed by atoms with Crippen LogP contribution in [0.2, 0.25) is 0 Å². The zero-order chi connectivity index (χ0) is 21.6. The van der Waals surface area contributed by atoms with E-state index in [1.165, 1.54) is 17.5 Å².